The van der Waals surface area contributed by atoms with E-state index in [-0.39, 0.29) is 20.1 Å². The molecule has 1 radical (unpaired) electrons. The Morgan fingerprint density at radius 3 is 2.22 bits per heavy atom. The van der Waals surface area contributed by atoms with Crippen LogP contribution in [-0.4, -0.2) is 23.2 Å². The van der Waals surface area contributed by atoms with Gasteiger partial charge in [0.2, 0.25) is 0 Å². The first-order valence-electron chi connectivity index (χ1n) is 17.2. The first-order valence-corrected chi connectivity index (χ1v) is 25.3. The normalized spacial score (nSPS) is 13.5. The minimum Gasteiger partial charge on any atom is -0.305 e. The molecule has 4 aromatic carbocycles. The van der Waals surface area contributed by atoms with Gasteiger partial charge in [-0.3, -0.25) is 0 Å². The van der Waals surface area contributed by atoms with Crippen molar-refractivity contribution in [3.05, 3.63) is 139 Å². The molecule has 0 spiro atoms. The number of aryl methyl sites for hydroxylation is 1. The van der Waals surface area contributed by atoms with Gasteiger partial charge >= 0.3 is 106 Å². The zero-order valence-corrected chi connectivity index (χ0v) is 34.0. The van der Waals surface area contributed by atoms with Crippen molar-refractivity contribution in [2.45, 2.75) is 62.2 Å². The molecule has 7 aromatic rings. The summed E-state index contributed by atoms with van der Waals surface area (Å²) in [5.41, 5.74) is 9.68. The number of rotatable bonds is 5. The number of fused-ring (bicyclic) bond motifs is 3. The van der Waals surface area contributed by atoms with Crippen LogP contribution >= 0.6 is 11.3 Å². The molecule has 0 saturated heterocycles. The SMILES string of the molecule is Cc1cc(-c2[c-]cccc2)nc[c]1[Ge]([CH3])([CH3])[CH3].[Ir].[c-]1ccc2c(sc3c(-c4ccccc4)cccc32)c1-c1cc(C2CCCCC2)ccn1. The van der Waals surface area contributed by atoms with Gasteiger partial charge in [-0.2, -0.15) is 11.3 Å². The van der Waals surface area contributed by atoms with Crippen LogP contribution in [0, 0.1) is 19.1 Å². The summed E-state index contributed by atoms with van der Waals surface area (Å²) >= 11 is 0.102. The fourth-order valence-corrected chi connectivity index (χ4v) is 12.0. The van der Waals surface area contributed by atoms with Gasteiger partial charge in [-0.05, 0) is 51.7 Å². The van der Waals surface area contributed by atoms with E-state index in [9.17, 15) is 0 Å². The molecule has 1 aliphatic carbocycles. The van der Waals surface area contributed by atoms with E-state index in [1.54, 1.807) is 0 Å². The van der Waals surface area contributed by atoms with Gasteiger partial charge in [0.05, 0.1) is 0 Å². The molecule has 3 heterocycles. The summed E-state index contributed by atoms with van der Waals surface area (Å²) in [6.45, 7) is 2.19. The summed E-state index contributed by atoms with van der Waals surface area (Å²) in [5, 5.41) is 2.62. The maximum absolute atomic E-state index is 4.78. The fourth-order valence-electron chi connectivity index (χ4n) is 7.11. The van der Waals surface area contributed by atoms with E-state index in [1.807, 2.05) is 35.7 Å². The van der Waals surface area contributed by atoms with Crippen LogP contribution in [0.3, 0.4) is 0 Å². The summed E-state index contributed by atoms with van der Waals surface area (Å²) in [7, 11) is 0. The average Bonchev–Trinajstić information content (AvgIpc) is 3.52. The van der Waals surface area contributed by atoms with Gasteiger partial charge in [0.1, 0.15) is 0 Å². The van der Waals surface area contributed by atoms with Gasteiger partial charge in [0, 0.05) is 31.0 Å². The van der Waals surface area contributed by atoms with Gasteiger partial charge < -0.3 is 4.98 Å². The van der Waals surface area contributed by atoms with E-state index in [0.717, 1.165) is 22.5 Å². The maximum atomic E-state index is 4.78. The van der Waals surface area contributed by atoms with Crippen molar-refractivity contribution in [3.63, 3.8) is 0 Å². The van der Waals surface area contributed by atoms with E-state index >= 15 is 0 Å². The minimum absolute atomic E-state index is 0. The Labute approximate surface area is 311 Å². The van der Waals surface area contributed by atoms with Crippen molar-refractivity contribution < 1.29 is 20.1 Å². The van der Waals surface area contributed by atoms with Crippen molar-refractivity contribution in [1.29, 1.82) is 0 Å². The van der Waals surface area contributed by atoms with Gasteiger partial charge in [-0.25, -0.2) is 0 Å². The molecule has 49 heavy (non-hydrogen) atoms. The Morgan fingerprint density at radius 1 is 0.714 bits per heavy atom. The fraction of sp³-hybridized carbons (Fsp3) is 0.227. The molecule has 8 rings (SSSR count). The number of benzene rings is 4. The predicted molar refractivity (Wildman–Crippen MR) is 209 cm³/mol. The first-order chi connectivity index (χ1) is 23.4. The second-order valence-corrected chi connectivity index (χ2v) is 25.6. The smallest absolute Gasteiger partial charge is 0.0318 e. The van der Waals surface area contributed by atoms with Crippen LogP contribution in [0.5, 0.6) is 0 Å². The third-order valence-corrected chi connectivity index (χ3v) is 15.3. The number of hydrogen-bond acceptors (Lipinski definition) is 3. The van der Waals surface area contributed by atoms with Gasteiger partial charge in [-0.1, -0.05) is 84.8 Å². The van der Waals surface area contributed by atoms with Crippen molar-refractivity contribution in [3.8, 4) is 33.6 Å². The molecule has 1 aliphatic rings. The second kappa shape index (κ2) is 15.6. The van der Waals surface area contributed by atoms with Crippen molar-refractivity contribution >= 4 is 49.2 Å². The quantitative estimate of drug-likeness (QED) is 0.127. The van der Waals surface area contributed by atoms with E-state index in [0.29, 0.717) is 5.92 Å². The summed E-state index contributed by atoms with van der Waals surface area (Å²) in [4.78, 5) is 9.37. The molecular weight excluding hydrogens is 853 g/mol. The molecule has 249 valence electrons. The summed E-state index contributed by atoms with van der Waals surface area (Å²) in [5.74, 6) is 7.89. The molecule has 1 fully saturated rings. The van der Waals surface area contributed by atoms with Gasteiger partial charge in [0.15, 0.2) is 0 Å². The van der Waals surface area contributed by atoms with Crippen LogP contribution in [0.1, 0.15) is 49.1 Å². The van der Waals surface area contributed by atoms with Crippen molar-refractivity contribution in [2.75, 3.05) is 0 Å². The topological polar surface area (TPSA) is 25.8 Å². The standard InChI is InChI=1S/C29H24NS.C15H18GeN.Ir/c1-3-9-20(10-4-1)22-17-18-30-27(19-22)26-16-8-15-25-24-14-7-13-23(28(24)31-29(25)26)21-11-5-2-6-12-21;1-12-10-15(13-8-6-5-7-9-13)17-11-14(12)16(2,3)4;/h2,5-8,11-15,17-20H,1,3-4,9-10H2;5-8,10-11H,1-4H3;/q2*-1;. The van der Waals surface area contributed by atoms with Crippen molar-refractivity contribution in [1.82, 2.24) is 9.97 Å². The molecule has 2 nitrogen and oxygen atoms in total. The Morgan fingerprint density at radius 2 is 1.49 bits per heavy atom. The summed E-state index contributed by atoms with van der Waals surface area (Å²) < 4.78 is 4.12. The number of hydrogen-bond donors (Lipinski definition) is 0. The Hall–Kier alpha value is -3.41. The Bertz CT molecular complexity index is 2160. The maximum Gasteiger partial charge on any atom is 0.0318 e. The largest absolute Gasteiger partial charge is 0.305 e. The summed E-state index contributed by atoms with van der Waals surface area (Å²) in [6.07, 6.45) is 10.8. The van der Waals surface area contributed by atoms with E-state index < -0.39 is 13.3 Å². The second-order valence-electron chi connectivity index (χ2n) is 14.0. The molecule has 0 amide bonds. The van der Waals surface area contributed by atoms with Gasteiger partial charge in [0.25, 0.3) is 0 Å². The number of thiophene rings is 1. The van der Waals surface area contributed by atoms with Crippen LogP contribution < -0.4 is 4.40 Å². The molecule has 3 aromatic heterocycles. The Balaban J connectivity index is 0.000000198. The van der Waals surface area contributed by atoms with Gasteiger partial charge in [-0.15, -0.1) is 23.8 Å². The predicted octanol–water partition coefficient (Wildman–Crippen LogP) is 12.0. The molecule has 0 bridgehead atoms. The first kappa shape index (κ1) is 35.4. The zero-order chi connectivity index (χ0) is 33.1. The van der Waals surface area contributed by atoms with Crippen LogP contribution in [0.25, 0.3) is 53.8 Å². The minimum atomic E-state index is -1.77. The van der Waals surface area contributed by atoms with E-state index in [4.69, 9.17) is 4.98 Å². The monoisotopic (exact) mass is 897 g/mol. The molecule has 5 heteroatoms. The van der Waals surface area contributed by atoms with E-state index in [2.05, 4.69) is 132 Å². The third kappa shape index (κ3) is 7.84. The molecule has 0 aliphatic heterocycles. The molecule has 0 unspecified atom stereocenters. The number of aromatic nitrogens is 2. The molecule has 1 saturated carbocycles. The van der Waals surface area contributed by atoms with Crippen LogP contribution in [-0.2, 0) is 20.1 Å². The average molecular weight is 896 g/mol. The summed E-state index contributed by atoms with van der Waals surface area (Å²) in [6, 6.07) is 43.1. The zero-order valence-electron chi connectivity index (χ0n) is 28.7. The van der Waals surface area contributed by atoms with Crippen molar-refractivity contribution in [2.24, 2.45) is 0 Å². The molecule has 0 atom stereocenters. The van der Waals surface area contributed by atoms with E-state index in [1.165, 1.54) is 78.9 Å². The number of pyridine rings is 2. The molecular formula is C44H42GeIrN2S-2. The van der Waals surface area contributed by atoms with Crippen LogP contribution in [0.2, 0.25) is 17.3 Å². The third-order valence-electron chi connectivity index (χ3n) is 9.56. The Kier molecular flexibility index (Phi) is 11.3. The number of nitrogens with zero attached hydrogens (tertiary/aromatic N) is 2. The molecule has 0 N–H and O–H groups in total. The van der Waals surface area contributed by atoms with Crippen LogP contribution in [0.4, 0.5) is 0 Å². The van der Waals surface area contributed by atoms with Crippen LogP contribution in [0.15, 0.2) is 116 Å².